The van der Waals surface area contributed by atoms with Crippen LogP contribution in [0, 0.1) is 0 Å². The molecule has 23 heavy (non-hydrogen) atoms. The lowest BCUT2D eigenvalue weighted by Crippen LogP contribution is -2.42. The quantitative estimate of drug-likeness (QED) is 0.868. The van der Waals surface area contributed by atoms with Crippen LogP contribution in [0.1, 0.15) is 18.1 Å². The molecule has 4 nitrogen and oxygen atoms in total. The molecule has 1 heterocycles. The fourth-order valence-corrected chi connectivity index (χ4v) is 3.20. The molecule has 1 aliphatic rings. The van der Waals surface area contributed by atoms with Crippen molar-refractivity contribution in [3.8, 4) is 0 Å². The van der Waals surface area contributed by atoms with Crippen LogP contribution in [0.2, 0.25) is 0 Å². The molecule has 0 aromatic heterocycles. The van der Waals surface area contributed by atoms with E-state index >= 15 is 0 Å². The van der Waals surface area contributed by atoms with Gasteiger partial charge in [-0.1, -0.05) is 30.3 Å². The summed E-state index contributed by atoms with van der Waals surface area (Å²) in [5.41, 5.74) is 9.84. The third-order valence-corrected chi connectivity index (χ3v) is 4.47. The number of hydrogen-bond acceptors (Lipinski definition) is 3. The summed E-state index contributed by atoms with van der Waals surface area (Å²) >= 11 is 0. The van der Waals surface area contributed by atoms with E-state index in [0.29, 0.717) is 13.0 Å². The topological polar surface area (TPSA) is 49.6 Å². The Morgan fingerprint density at radius 1 is 1.17 bits per heavy atom. The fraction of sp³-hybridized carbons (Fsp3) is 0.316. The molecule has 2 aromatic rings. The summed E-state index contributed by atoms with van der Waals surface area (Å²) in [5.74, 6) is 0.160. The summed E-state index contributed by atoms with van der Waals surface area (Å²) in [6.45, 7) is 3.61. The van der Waals surface area contributed by atoms with Gasteiger partial charge in [-0.15, -0.1) is 0 Å². The molecule has 0 saturated carbocycles. The second-order valence-corrected chi connectivity index (χ2v) is 6.30. The van der Waals surface area contributed by atoms with Crippen LogP contribution in [0.4, 0.5) is 11.4 Å². The fourth-order valence-electron chi connectivity index (χ4n) is 3.20. The Balaban J connectivity index is 1.81. The molecular weight excluding hydrogens is 286 g/mol. The summed E-state index contributed by atoms with van der Waals surface area (Å²) in [6, 6.07) is 16.0. The van der Waals surface area contributed by atoms with E-state index in [4.69, 9.17) is 5.73 Å². The highest BCUT2D eigenvalue weighted by Crippen LogP contribution is 2.26. The first-order valence-corrected chi connectivity index (χ1v) is 7.97. The van der Waals surface area contributed by atoms with Crippen LogP contribution in [0.5, 0.6) is 0 Å². The number of likely N-dealkylation sites (N-methyl/N-ethyl adjacent to an activating group) is 1. The van der Waals surface area contributed by atoms with Crippen LogP contribution < -0.4 is 10.6 Å². The number of hydrogen-bond donors (Lipinski definition) is 1. The lowest BCUT2D eigenvalue weighted by Gasteiger charge is -2.28. The van der Waals surface area contributed by atoms with Crippen LogP contribution in [-0.4, -0.2) is 30.4 Å². The van der Waals surface area contributed by atoms with E-state index in [1.807, 2.05) is 41.3 Å². The van der Waals surface area contributed by atoms with Crippen molar-refractivity contribution in [1.29, 1.82) is 0 Å². The zero-order chi connectivity index (χ0) is 16.4. The molecule has 0 spiro atoms. The molecule has 2 aromatic carbocycles. The van der Waals surface area contributed by atoms with E-state index in [0.717, 1.165) is 17.8 Å². The van der Waals surface area contributed by atoms with Crippen molar-refractivity contribution in [3.63, 3.8) is 0 Å². The van der Waals surface area contributed by atoms with Crippen LogP contribution in [0.3, 0.4) is 0 Å². The molecule has 3 rings (SSSR count). The van der Waals surface area contributed by atoms with Crippen molar-refractivity contribution < 1.29 is 4.79 Å². The molecular formula is C19H23N3O. The number of nitrogens with zero attached hydrogens (tertiary/aromatic N) is 2. The van der Waals surface area contributed by atoms with Gasteiger partial charge in [0, 0.05) is 37.6 Å². The average molecular weight is 309 g/mol. The summed E-state index contributed by atoms with van der Waals surface area (Å²) in [7, 11) is 2.09. The average Bonchev–Trinajstić information content (AvgIpc) is 2.66. The normalized spacial score (nSPS) is 17.6. The third kappa shape index (κ3) is 3.31. The first-order chi connectivity index (χ1) is 11.0. The number of rotatable bonds is 2. The van der Waals surface area contributed by atoms with Crippen molar-refractivity contribution in [2.24, 2.45) is 0 Å². The largest absolute Gasteiger partial charge is 0.399 e. The van der Waals surface area contributed by atoms with Crippen molar-refractivity contribution >= 4 is 17.3 Å². The van der Waals surface area contributed by atoms with Crippen molar-refractivity contribution in [2.45, 2.75) is 25.9 Å². The molecule has 1 amide bonds. The lowest BCUT2D eigenvalue weighted by molar-refractivity contribution is -0.132. The van der Waals surface area contributed by atoms with Gasteiger partial charge in [0.1, 0.15) is 0 Å². The van der Waals surface area contributed by atoms with Crippen molar-refractivity contribution in [1.82, 2.24) is 4.90 Å². The molecule has 120 valence electrons. The summed E-state index contributed by atoms with van der Waals surface area (Å²) in [5, 5.41) is 0. The number of para-hydroxylation sites is 1. The maximum atomic E-state index is 12.8. The number of nitrogen functional groups attached to an aromatic ring is 1. The van der Waals surface area contributed by atoms with Crippen LogP contribution in [-0.2, 0) is 17.8 Å². The van der Waals surface area contributed by atoms with Gasteiger partial charge in [0.25, 0.3) is 0 Å². The second kappa shape index (κ2) is 6.32. The number of carbonyl (C=O) groups excluding carboxylic acids is 1. The predicted molar refractivity (Wildman–Crippen MR) is 94.3 cm³/mol. The minimum atomic E-state index is 0.160. The number of benzene rings is 2. The van der Waals surface area contributed by atoms with Crippen LogP contribution in [0.25, 0.3) is 0 Å². The maximum Gasteiger partial charge on any atom is 0.227 e. The number of amides is 1. The lowest BCUT2D eigenvalue weighted by atomic mass is 10.1. The van der Waals surface area contributed by atoms with E-state index < -0.39 is 0 Å². The highest BCUT2D eigenvalue weighted by Gasteiger charge is 2.26. The molecule has 4 heteroatoms. The van der Waals surface area contributed by atoms with Gasteiger partial charge in [-0.05, 0) is 36.2 Å². The zero-order valence-corrected chi connectivity index (χ0v) is 13.7. The van der Waals surface area contributed by atoms with Crippen molar-refractivity contribution in [3.05, 3.63) is 59.7 Å². The standard InChI is InChI=1S/C19H23N3O/c1-14-12-21(2)18-6-4-3-5-16(18)13-22(14)19(23)11-15-7-9-17(20)10-8-15/h3-10,14H,11-13,20H2,1-2H3. The van der Waals surface area contributed by atoms with Gasteiger partial charge in [-0.3, -0.25) is 4.79 Å². The van der Waals surface area contributed by atoms with E-state index in [9.17, 15) is 4.79 Å². The highest BCUT2D eigenvalue weighted by atomic mass is 16.2. The van der Waals surface area contributed by atoms with Gasteiger partial charge in [0.05, 0.1) is 6.42 Å². The highest BCUT2D eigenvalue weighted by molar-refractivity contribution is 5.80. The Bertz CT molecular complexity index is 696. The first kappa shape index (κ1) is 15.4. The minimum absolute atomic E-state index is 0.160. The third-order valence-electron chi connectivity index (χ3n) is 4.47. The Hall–Kier alpha value is -2.49. The number of nitrogens with two attached hydrogens (primary N) is 1. The first-order valence-electron chi connectivity index (χ1n) is 7.97. The Kier molecular flexibility index (Phi) is 4.24. The Labute approximate surface area is 137 Å². The van der Waals surface area contributed by atoms with E-state index in [-0.39, 0.29) is 11.9 Å². The summed E-state index contributed by atoms with van der Waals surface area (Å²) in [4.78, 5) is 17.0. The Morgan fingerprint density at radius 2 is 1.87 bits per heavy atom. The van der Waals surface area contributed by atoms with E-state index in [1.54, 1.807) is 0 Å². The van der Waals surface area contributed by atoms with Crippen molar-refractivity contribution in [2.75, 3.05) is 24.2 Å². The maximum absolute atomic E-state index is 12.8. The van der Waals surface area contributed by atoms with Gasteiger partial charge < -0.3 is 15.5 Å². The number of carbonyl (C=O) groups is 1. The number of fused-ring (bicyclic) bond motifs is 1. The molecule has 0 radical (unpaired) electrons. The monoisotopic (exact) mass is 309 g/mol. The number of anilines is 2. The molecule has 0 fully saturated rings. The van der Waals surface area contributed by atoms with Gasteiger partial charge in [-0.2, -0.15) is 0 Å². The predicted octanol–water partition coefficient (Wildman–Crippen LogP) is 2.68. The minimum Gasteiger partial charge on any atom is -0.399 e. The summed E-state index contributed by atoms with van der Waals surface area (Å²) < 4.78 is 0. The second-order valence-electron chi connectivity index (χ2n) is 6.30. The van der Waals surface area contributed by atoms with Gasteiger partial charge in [-0.25, -0.2) is 0 Å². The smallest absolute Gasteiger partial charge is 0.227 e. The molecule has 0 aliphatic carbocycles. The zero-order valence-electron chi connectivity index (χ0n) is 13.7. The molecule has 0 bridgehead atoms. The molecule has 1 unspecified atom stereocenters. The molecule has 0 saturated heterocycles. The molecule has 2 N–H and O–H groups in total. The summed E-state index contributed by atoms with van der Waals surface area (Å²) in [6.07, 6.45) is 0.413. The van der Waals surface area contributed by atoms with Crippen LogP contribution >= 0.6 is 0 Å². The van der Waals surface area contributed by atoms with Gasteiger partial charge >= 0.3 is 0 Å². The Morgan fingerprint density at radius 3 is 2.61 bits per heavy atom. The molecule has 1 aliphatic heterocycles. The van der Waals surface area contributed by atoms with Gasteiger partial charge in [0.2, 0.25) is 5.91 Å². The molecule has 1 atom stereocenters. The van der Waals surface area contributed by atoms with Gasteiger partial charge in [0.15, 0.2) is 0 Å². The van der Waals surface area contributed by atoms with Crippen LogP contribution in [0.15, 0.2) is 48.5 Å². The SMILES string of the molecule is CC1CN(C)c2ccccc2CN1C(=O)Cc1ccc(N)cc1. The van der Waals surface area contributed by atoms with E-state index in [1.165, 1.54) is 11.3 Å². The van der Waals surface area contributed by atoms with E-state index in [2.05, 4.69) is 31.0 Å².